The monoisotopic (exact) mass is 930 g/mol. The first-order valence-electron chi connectivity index (χ1n) is 30.6. The minimum Gasteiger partial charge on any atom is -0.462 e. The van der Waals surface area contributed by atoms with Crippen LogP contribution in [0.2, 0.25) is 0 Å². The Bertz CT molecular complexity index is 1310. The molecule has 0 unspecified atom stereocenters. The minimum absolute atomic E-state index is 0.145. The van der Waals surface area contributed by atoms with Gasteiger partial charge in [-0.2, -0.15) is 0 Å². The summed E-state index contributed by atoms with van der Waals surface area (Å²) < 4.78 is 59.0. The molecule has 0 aromatic heterocycles. The van der Waals surface area contributed by atoms with E-state index in [1.54, 1.807) is 0 Å². The van der Waals surface area contributed by atoms with Gasteiger partial charge in [0.15, 0.2) is 6.08 Å². The third-order valence-electron chi connectivity index (χ3n) is 12.1. The number of rotatable bonds is 52. The third kappa shape index (κ3) is 52.3. The van der Waals surface area contributed by atoms with Crippen LogP contribution in [0.4, 0.5) is 0 Å². The molecule has 0 aromatic rings. The SMILES string of the molecule is [2H]C([2H])(OC(=O)CCCCCCC/C=C\CCCCCCCC)C([2H])(OC(=O)CCCCCCCCCC/C=C\C/C=C\CCCCC)C([2H])([2H])OC(=O)CCCCCCC/C=C\CCCCCCCC. The second kappa shape index (κ2) is 55.0. The lowest BCUT2D eigenvalue weighted by molar-refractivity contribution is -0.167. The van der Waals surface area contributed by atoms with Crippen molar-refractivity contribution in [3.8, 4) is 0 Å². The van der Waals surface area contributed by atoms with E-state index >= 15 is 0 Å². The zero-order valence-corrected chi connectivity index (χ0v) is 43.5. The first-order valence-corrected chi connectivity index (χ1v) is 28.1. The molecule has 6 heteroatoms. The average Bonchev–Trinajstić information content (AvgIpc) is 3.33. The summed E-state index contributed by atoms with van der Waals surface area (Å²) in [5.41, 5.74) is 0. The van der Waals surface area contributed by atoms with Gasteiger partial charge in [-0.25, -0.2) is 0 Å². The first kappa shape index (κ1) is 54.3. The molecule has 0 N–H and O–H groups in total. The highest BCUT2D eigenvalue weighted by molar-refractivity contribution is 5.71. The molecule has 0 aromatic carbocycles. The van der Waals surface area contributed by atoms with Gasteiger partial charge in [0.25, 0.3) is 0 Å². The standard InChI is InChI=1S/C60H108O6/c1-4-7-10-13-16-19-22-25-28-29-30-33-36-39-42-45-48-51-54-60(63)66-57(55-64-58(61)52-49-46-43-40-37-34-31-26-23-20-17-14-11-8-5-2)56-65-59(62)53-50-47-44-41-38-35-32-27-24-21-18-15-12-9-6-3/h16,19,25-28,31-32,57H,4-15,17-18,20-24,29-30,33-56H2,1-3H3/b19-16-,28-25-,31-26-,32-27-/i55D2,56D2,57D. The van der Waals surface area contributed by atoms with Crippen molar-refractivity contribution < 1.29 is 35.4 Å². The molecule has 6 nitrogen and oxygen atoms in total. The van der Waals surface area contributed by atoms with Gasteiger partial charge < -0.3 is 14.2 Å². The number of ether oxygens (including phenoxy) is 3. The highest BCUT2D eigenvalue weighted by Crippen LogP contribution is 2.15. The van der Waals surface area contributed by atoms with E-state index in [2.05, 4.69) is 69.4 Å². The van der Waals surface area contributed by atoms with E-state index in [0.29, 0.717) is 25.7 Å². The van der Waals surface area contributed by atoms with Gasteiger partial charge in [0.1, 0.15) is 13.1 Å². The zero-order valence-electron chi connectivity index (χ0n) is 48.5. The molecule has 0 spiro atoms. The van der Waals surface area contributed by atoms with Gasteiger partial charge in [-0.15, -0.1) is 0 Å². The van der Waals surface area contributed by atoms with E-state index in [0.717, 1.165) is 116 Å². The van der Waals surface area contributed by atoms with Crippen LogP contribution >= 0.6 is 0 Å². The molecule has 0 fully saturated rings. The maximum Gasteiger partial charge on any atom is 0.306 e. The number of esters is 3. The highest BCUT2D eigenvalue weighted by atomic mass is 16.6. The Balaban J connectivity index is 5.00. The van der Waals surface area contributed by atoms with Gasteiger partial charge in [-0.05, 0) is 103 Å². The second-order valence-electron chi connectivity index (χ2n) is 18.7. The van der Waals surface area contributed by atoms with Crippen LogP contribution in [0.3, 0.4) is 0 Å². The Kier molecular flexibility index (Phi) is 45.2. The topological polar surface area (TPSA) is 78.9 Å². The molecule has 0 aliphatic heterocycles. The quantitative estimate of drug-likeness (QED) is 0.0262. The van der Waals surface area contributed by atoms with Crippen molar-refractivity contribution in [1.82, 2.24) is 0 Å². The van der Waals surface area contributed by atoms with Gasteiger partial charge >= 0.3 is 17.9 Å². The van der Waals surface area contributed by atoms with Crippen LogP contribution in [0, 0.1) is 0 Å². The Hall–Kier alpha value is -2.63. The average molecular weight is 931 g/mol. The van der Waals surface area contributed by atoms with Crippen LogP contribution in [-0.4, -0.2) is 37.1 Å². The molecule has 0 aliphatic carbocycles. The molecular formula is C60H108O6. The fourth-order valence-electron chi connectivity index (χ4n) is 7.83. The number of hydrogen-bond donors (Lipinski definition) is 0. The summed E-state index contributed by atoms with van der Waals surface area (Å²) in [6.07, 6.45) is 56.8. The van der Waals surface area contributed by atoms with E-state index < -0.39 is 37.1 Å². The lowest BCUT2D eigenvalue weighted by Crippen LogP contribution is -2.30. The lowest BCUT2D eigenvalue weighted by Gasteiger charge is -2.18. The summed E-state index contributed by atoms with van der Waals surface area (Å²) >= 11 is 0. The minimum atomic E-state index is -3.51. The van der Waals surface area contributed by atoms with Crippen LogP contribution < -0.4 is 0 Å². The Morgan fingerprint density at radius 2 is 0.591 bits per heavy atom. The number of carbonyl (C=O) groups excluding carboxylic acids is 3. The van der Waals surface area contributed by atoms with Gasteiger partial charge in [-0.1, -0.05) is 223 Å². The fraction of sp³-hybridized carbons (Fsp3) is 0.817. The third-order valence-corrected chi connectivity index (χ3v) is 12.1. The second-order valence-corrected chi connectivity index (χ2v) is 18.7. The van der Waals surface area contributed by atoms with Crippen molar-refractivity contribution in [2.75, 3.05) is 13.1 Å². The summed E-state index contributed by atoms with van der Waals surface area (Å²) in [6.45, 7) is -0.235. The summed E-state index contributed by atoms with van der Waals surface area (Å²) in [7, 11) is 0. The number of hydrogen-bond acceptors (Lipinski definition) is 6. The zero-order chi connectivity index (χ0) is 52.4. The predicted octanol–water partition coefficient (Wildman–Crippen LogP) is 19.0. The molecule has 0 bridgehead atoms. The van der Waals surface area contributed by atoms with Gasteiger partial charge in [0.05, 0.1) is 6.85 Å². The maximum atomic E-state index is 13.2. The highest BCUT2D eigenvalue weighted by Gasteiger charge is 2.19. The number of allylic oxidation sites excluding steroid dienone is 8. The van der Waals surface area contributed by atoms with Crippen LogP contribution in [0.1, 0.15) is 304 Å². The summed E-state index contributed by atoms with van der Waals surface area (Å²) in [6, 6.07) is 0. The summed E-state index contributed by atoms with van der Waals surface area (Å²) in [4.78, 5) is 39.1. The fourth-order valence-corrected chi connectivity index (χ4v) is 7.83. The molecular weight excluding hydrogens is 817 g/mol. The van der Waals surface area contributed by atoms with Crippen molar-refractivity contribution in [2.24, 2.45) is 0 Å². The molecule has 0 heterocycles. The van der Waals surface area contributed by atoms with Crippen molar-refractivity contribution in [3.05, 3.63) is 48.6 Å². The van der Waals surface area contributed by atoms with Gasteiger partial charge in [0.2, 0.25) is 0 Å². The van der Waals surface area contributed by atoms with E-state index in [9.17, 15) is 14.4 Å². The Labute approximate surface area is 416 Å². The lowest BCUT2D eigenvalue weighted by atomic mass is 10.1. The van der Waals surface area contributed by atoms with E-state index in [4.69, 9.17) is 21.1 Å². The van der Waals surface area contributed by atoms with Gasteiger partial charge in [-0.3, -0.25) is 14.4 Å². The number of unbranched alkanes of at least 4 members (excludes halogenated alkanes) is 33. The van der Waals surface area contributed by atoms with Crippen molar-refractivity contribution >= 4 is 17.9 Å². The summed E-state index contributed by atoms with van der Waals surface area (Å²) in [5.74, 6) is -2.98. The molecule has 0 radical (unpaired) electrons. The predicted molar refractivity (Wildman–Crippen MR) is 284 cm³/mol. The van der Waals surface area contributed by atoms with Crippen molar-refractivity contribution in [3.63, 3.8) is 0 Å². The van der Waals surface area contributed by atoms with Crippen LogP contribution in [0.15, 0.2) is 48.6 Å². The number of carbonyl (C=O) groups is 3. The molecule has 0 amide bonds. The first-order chi connectivity index (χ1) is 34.4. The molecule has 0 saturated heterocycles. The Morgan fingerprint density at radius 1 is 0.348 bits per heavy atom. The molecule has 66 heavy (non-hydrogen) atoms. The van der Waals surface area contributed by atoms with Crippen LogP contribution in [0.25, 0.3) is 0 Å². The smallest absolute Gasteiger partial charge is 0.306 e. The molecule has 0 aliphatic rings. The van der Waals surface area contributed by atoms with Crippen LogP contribution in [-0.2, 0) is 28.6 Å². The maximum absolute atomic E-state index is 13.2. The molecule has 0 rings (SSSR count). The van der Waals surface area contributed by atoms with E-state index in [-0.39, 0.29) is 19.3 Å². The normalized spacial score (nSPS) is 13.7. The summed E-state index contributed by atoms with van der Waals surface area (Å²) in [5, 5.41) is 0. The van der Waals surface area contributed by atoms with Crippen LogP contribution in [0.5, 0.6) is 0 Å². The Morgan fingerprint density at radius 3 is 0.924 bits per heavy atom. The molecule has 0 atom stereocenters. The van der Waals surface area contributed by atoms with Crippen molar-refractivity contribution in [1.29, 1.82) is 0 Å². The molecule has 384 valence electrons. The molecule has 0 saturated carbocycles. The van der Waals surface area contributed by atoms with Gasteiger partial charge in [0, 0.05) is 19.3 Å². The van der Waals surface area contributed by atoms with Crippen molar-refractivity contribution in [2.45, 2.75) is 303 Å². The van der Waals surface area contributed by atoms with E-state index in [1.807, 2.05) is 0 Å². The largest absolute Gasteiger partial charge is 0.462 e. The van der Waals surface area contributed by atoms with E-state index in [1.165, 1.54) is 116 Å².